The van der Waals surface area contributed by atoms with Gasteiger partial charge in [-0.3, -0.25) is 4.79 Å². The number of amides is 1. The minimum absolute atomic E-state index is 0.163. The molecule has 1 aliphatic heterocycles. The van der Waals surface area contributed by atoms with Crippen LogP contribution in [-0.4, -0.2) is 43.7 Å². The van der Waals surface area contributed by atoms with Gasteiger partial charge in [-0.25, -0.2) is 0 Å². The highest BCUT2D eigenvalue weighted by Crippen LogP contribution is 2.28. The molecule has 0 aliphatic carbocycles. The monoisotopic (exact) mass is 385 g/mol. The van der Waals surface area contributed by atoms with Gasteiger partial charge in [0.15, 0.2) is 11.5 Å². The molecule has 6 heteroatoms. The molecule has 1 N–H and O–H groups in total. The molecular formula is C22H31N3O3. The van der Waals surface area contributed by atoms with Crippen molar-refractivity contribution >= 4 is 5.91 Å². The predicted molar refractivity (Wildman–Crippen MR) is 109 cm³/mol. The zero-order valence-electron chi connectivity index (χ0n) is 17.2. The summed E-state index contributed by atoms with van der Waals surface area (Å²) in [4.78, 5) is 14.3. The van der Waals surface area contributed by atoms with E-state index >= 15 is 0 Å². The molecule has 0 radical (unpaired) electrons. The zero-order valence-corrected chi connectivity index (χ0v) is 17.2. The van der Waals surface area contributed by atoms with Crippen molar-refractivity contribution in [2.75, 3.05) is 32.8 Å². The summed E-state index contributed by atoms with van der Waals surface area (Å²) in [6.07, 6.45) is 4.28. The smallest absolute Gasteiger partial charge is 0.265 e. The van der Waals surface area contributed by atoms with E-state index in [1.807, 2.05) is 38.1 Å². The van der Waals surface area contributed by atoms with E-state index in [0.717, 1.165) is 49.4 Å². The Morgan fingerprint density at radius 1 is 1.25 bits per heavy atom. The van der Waals surface area contributed by atoms with Gasteiger partial charge in [-0.1, -0.05) is 13.0 Å². The molecule has 28 heavy (non-hydrogen) atoms. The van der Waals surface area contributed by atoms with Crippen LogP contribution in [0.5, 0.6) is 11.5 Å². The third kappa shape index (κ3) is 6.19. The average Bonchev–Trinajstić information content (AvgIpc) is 2.70. The maximum Gasteiger partial charge on any atom is 0.265 e. The van der Waals surface area contributed by atoms with E-state index in [1.165, 1.54) is 0 Å². The van der Waals surface area contributed by atoms with Crippen LogP contribution in [-0.2, 0) is 11.2 Å². The van der Waals surface area contributed by atoms with Crippen LogP contribution in [0.2, 0.25) is 0 Å². The molecule has 0 spiro atoms. The van der Waals surface area contributed by atoms with E-state index in [-0.39, 0.29) is 11.5 Å². The van der Waals surface area contributed by atoms with Crippen molar-refractivity contribution in [1.82, 2.24) is 10.2 Å². The number of nitriles is 1. The number of nitrogens with one attached hydrogen (secondary N) is 1. The summed E-state index contributed by atoms with van der Waals surface area (Å²) < 4.78 is 11.2. The number of hydrogen-bond donors (Lipinski definition) is 1. The highest BCUT2D eigenvalue weighted by Gasteiger charge is 2.22. The number of likely N-dealkylation sites (tertiary alicyclic amines) is 1. The molecular weight excluding hydrogens is 354 g/mol. The van der Waals surface area contributed by atoms with E-state index in [2.05, 4.69) is 12.2 Å². The van der Waals surface area contributed by atoms with Crippen LogP contribution in [0.4, 0.5) is 0 Å². The molecule has 0 aromatic heterocycles. The van der Waals surface area contributed by atoms with Gasteiger partial charge in [-0.15, -0.1) is 0 Å². The summed E-state index contributed by atoms with van der Waals surface area (Å²) in [5.41, 5.74) is 1.26. The second-order valence-corrected chi connectivity index (χ2v) is 7.00. The molecule has 2 rings (SSSR count). The van der Waals surface area contributed by atoms with Gasteiger partial charge >= 0.3 is 0 Å². The number of nitrogens with zero attached hydrogens (tertiary/aromatic N) is 2. The van der Waals surface area contributed by atoms with E-state index in [1.54, 1.807) is 11.1 Å². The van der Waals surface area contributed by atoms with Gasteiger partial charge in [0.05, 0.1) is 13.2 Å². The molecule has 152 valence electrons. The quantitative estimate of drug-likeness (QED) is 0.401. The van der Waals surface area contributed by atoms with Crippen molar-refractivity contribution < 1.29 is 14.3 Å². The third-order valence-electron chi connectivity index (χ3n) is 4.83. The van der Waals surface area contributed by atoms with Crippen LogP contribution in [0, 0.1) is 17.2 Å². The maximum absolute atomic E-state index is 12.5. The van der Waals surface area contributed by atoms with Crippen LogP contribution in [0.3, 0.4) is 0 Å². The molecule has 1 amide bonds. The van der Waals surface area contributed by atoms with E-state index in [4.69, 9.17) is 9.47 Å². The fraction of sp³-hybridized carbons (Fsp3) is 0.545. The van der Waals surface area contributed by atoms with Gasteiger partial charge in [0.2, 0.25) is 0 Å². The second kappa shape index (κ2) is 11.2. The molecule has 1 aromatic rings. The lowest BCUT2D eigenvalue weighted by Crippen LogP contribution is -2.38. The Kier molecular flexibility index (Phi) is 8.67. The van der Waals surface area contributed by atoms with Crippen LogP contribution in [0.15, 0.2) is 30.0 Å². The number of hydrogen-bond acceptors (Lipinski definition) is 5. The summed E-state index contributed by atoms with van der Waals surface area (Å²) in [5, 5.41) is 12.4. The van der Waals surface area contributed by atoms with Crippen molar-refractivity contribution in [2.24, 2.45) is 5.92 Å². The number of piperidine rings is 1. The first-order valence-corrected chi connectivity index (χ1v) is 10.1. The van der Waals surface area contributed by atoms with E-state index in [9.17, 15) is 10.1 Å². The molecule has 1 saturated heterocycles. The number of ether oxygens (including phenoxy) is 2. The van der Waals surface area contributed by atoms with Gasteiger partial charge < -0.3 is 19.7 Å². The Bertz CT molecular complexity index is 716. The van der Waals surface area contributed by atoms with Gasteiger partial charge in [0.25, 0.3) is 5.91 Å². The van der Waals surface area contributed by atoms with Crippen molar-refractivity contribution in [1.29, 1.82) is 5.26 Å². The fourth-order valence-electron chi connectivity index (χ4n) is 3.17. The van der Waals surface area contributed by atoms with Gasteiger partial charge in [-0.05, 0) is 56.7 Å². The fourth-order valence-corrected chi connectivity index (χ4v) is 3.17. The molecule has 0 atom stereocenters. The Labute approximate surface area is 168 Å². The normalized spacial score (nSPS) is 15.1. The van der Waals surface area contributed by atoms with Crippen LogP contribution in [0.1, 0.15) is 39.2 Å². The van der Waals surface area contributed by atoms with Gasteiger partial charge in [0, 0.05) is 25.8 Å². The summed E-state index contributed by atoms with van der Waals surface area (Å²) in [7, 11) is 0. The second-order valence-electron chi connectivity index (χ2n) is 7.00. The Balaban J connectivity index is 1.90. The molecule has 1 aromatic carbocycles. The number of carbonyl (C=O) groups is 1. The van der Waals surface area contributed by atoms with Crippen molar-refractivity contribution in [3.05, 3.63) is 35.5 Å². The highest BCUT2D eigenvalue weighted by molar-refractivity contribution is 5.97. The maximum atomic E-state index is 12.5. The van der Waals surface area contributed by atoms with Crippen molar-refractivity contribution in [2.45, 2.75) is 40.0 Å². The van der Waals surface area contributed by atoms with Crippen LogP contribution in [0.25, 0.3) is 0 Å². The standard InChI is InChI=1S/C22H31N3O3/c1-4-27-20-7-6-18(14-21(20)28-5-2)8-11-24-16-19(15-23)22(26)25-12-9-17(3)10-13-25/h6-7,14,16-17,24H,4-5,8-13H2,1-3H3/b19-16-. The van der Waals surface area contributed by atoms with Gasteiger partial charge in [-0.2, -0.15) is 5.26 Å². The first-order valence-electron chi connectivity index (χ1n) is 10.1. The SMILES string of the molecule is CCOc1ccc(CCN/C=C(/C#N)C(=O)N2CCC(C)CC2)cc1OCC. The molecule has 6 nitrogen and oxygen atoms in total. The lowest BCUT2D eigenvalue weighted by atomic mass is 9.99. The summed E-state index contributed by atoms with van der Waals surface area (Å²) in [6, 6.07) is 7.93. The Morgan fingerprint density at radius 3 is 2.57 bits per heavy atom. The zero-order chi connectivity index (χ0) is 20.4. The highest BCUT2D eigenvalue weighted by atomic mass is 16.5. The molecule has 0 unspecified atom stereocenters. The lowest BCUT2D eigenvalue weighted by molar-refractivity contribution is -0.128. The molecule has 1 heterocycles. The van der Waals surface area contributed by atoms with E-state index in [0.29, 0.717) is 25.7 Å². The molecule has 1 aliphatic rings. The van der Waals surface area contributed by atoms with Crippen LogP contribution < -0.4 is 14.8 Å². The Hall–Kier alpha value is -2.68. The third-order valence-corrected chi connectivity index (χ3v) is 4.83. The summed E-state index contributed by atoms with van der Waals surface area (Å²) in [5.74, 6) is 1.95. The summed E-state index contributed by atoms with van der Waals surface area (Å²) in [6.45, 7) is 9.32. The topological polar surface area (TPSA) is 74.6 Å². The Morgan fingerprint density at radius 2 is 1.93 bits per heavy atom. The minimum atomic E-state index is -0.179. The average molecular weight is 386 g/mol. The number of rotatable bonds is 9. The molecule has 1 fully saturated rings. The predicted octanol–water partition coefficient (Wildman–Crippen LogP) is 3.28. The van der Waals surface area contributed by atoms with E-state index < -0.39 is 0 Å². The number of benzene rings is 1. The molecule has 0 saturated carbocycles. The van der Waals surface area contributed by atoms with Crippen molar-refractivity contribution in [3.8, 4) is 17.6 Å². The first-order chi connectivity index (χ1) is 13.6. The van der Waals surface area contributed by atoms with Crippen LogP contribution >= 0.6 is 0 Å². The molecule has 0 bridgehead atoms. The number of carbonyl (C=O) groups excluding carboxylic acids is 1. The largest absolute Gasteiger partial charge is 0.490 e. The minimum Gasteiger partial charge on any atom is -0.490 e. The van der Waals surface area contributed by atoms with Crippen molar-refractivity contribution in [3.63, 3.8) is 0 Å². The lowest BCUT2D eigenvalue weighted by Gasteiger charge is -2.30. The summed E-state index contributed by atoms with van der Waals surface area (Å²) >= 11 is 0. The first kappa shape index (κ1) is 21.6. The van der Waals surface area contributed by atoms with Gasteiger partial charge in [0.1, 0.15) is 11.6 Å².